The van der Waals surface area contributed by atoms with Crippen molar-refractivity contribution in [2.75, 3.05) is 38.1 Å². The Labute approximate surface area is 198 Å². The minimum absolute atomic E-state index is 0.171. The molecule has 1 spiro atoms. The van der Waals surface area contributed by atoms with Crippen molar-refractivity contribution in [1.29, 1.82) is 0 Å². The van der Waals surface area contributed by atoms with Gasteiger partial charge in [-0.1, -0.05) is 39.0 Å². The fraction of sp³-hybridized carbons (Fsp3) is 0.778. The number of hydrogen-bond donors (Lipinski definition) is 3. The molecule has 11 atom stereocenters. The van der Waals surface area contributed by atoms with E-state index < -0.39 is 12.3 Å². The molecule has 5 heterocycles. The normalized spacial score (nSPS) is 47.3. The second kappa shape index (κ2) is 7.41. The van der Waals surface area contributed by atoms with Gasteiger partial charge in [-0.3, -0.25) is 4.48 Å². The van der Waals surface area contributed by atoms with Gasteiger partial charge in [0, 0.05) is 44.0 Å². The molecule has 1 aromatic carbocycles. The van der Waals surface area contributed by atoms with E-state index in [0.717, 1.165) is 32.4 Å². The highest BCUT2D eigenvalue weighted by atomic mass is 16.3. The van der Waals surface area contributed by atoms with Crippen molar-refractivity contribution in [2.45, 2.75) is 82.0 Å². The predicted molar refractivity (Wildman–Crippen MR) is 129 cm³/mol. The Bertz CT molecular complexity index is 924. The van der Waals surface area contributed by atoms with E-state index in [1.54, 1.807) is 0 Å². The highest BCUT2D eigenvalue weighted by molar-refractivity contribution is 5.66. The summed E-state index contributed by atoms with van der Waals surface area (Å²) in [5.41, 5.74) is 2.32. The average Bonchev–Trinajstić information content (AvgIpc) is 3.20. The molecule has 5 aliphatic heterocycles. The van der Waals surface area contributed by atoms with Gasteiger partial charge in [-0.15, -0.1) is 0 Å². The van der Waals surface area contributed by atoms with Gasteiger partial charge in [-0.2, -0.15) is 0 Å². The van der Waals surface area contributed by atoms with Gasteiger partial charge >= 0.3 is 0 Å². The fourth-order valence-corrected chi connectivity index (χ4v) is 9.96. The SMILES string of the molecule is CC[C@@H]1[C@@H](O)[N@+]2(CC(O)CN(CC)CC)[C@H]3C[C@@]45c6ccccc6N(C)[C@H]4[C@@H]2C[C@H]1C3C5O. The molecule has 1 aromatic rings. The molecule has 33 heavy (non-hydrogen) atoms. The van der Waals surface area contributed by atoms with Gasteiger partial charge in [0.05, 0.1) is 23.6 Å². The second-order valence-corrected chi connectivity index (χ2v) is 11.7. The van der Waals surface area contributed by atoms with Crippen molar-refractivity contribution in [3.8, 4) is 0 Å². The molecule has 6 nitrogen and oxygen atoms in total. The summed E-state index contributed by atoms with van der Waals surface area (Å²) in [6.07, 6.45) is 1.60. The van der Waals surface area contributed by atoms with Crippen molar-refractivity contribution in [3.05, 3.63) is 29.8 Å². The topological polar surface area (TPSA) is 67.2 Å². The fourth-order valence-electron chi connectivity index (χ4n) is 9.96. The van der Waals surface area contributed by atoms with Crippen LogP contribution in [0.25, 0.3) is 0 Å². The number of nitrogens with zero attached hydrogens (tertiary/aromatic N) is 3. The van der Waals surface area contributed by atoms with Crippen LogP contribution in [0.3, 0.4) is 0 Å². The van der Waals surface area contributed by atoms with Crippen LogP contribution < -0.4 is 4.90 Å². The maximum atomic E-state index is 12.1. The lowest BCUT2D eigenvalue weighted by Crippen LogP contribution is -2.84. The van der Waals surface area contributed by atoms with E-state index in [-0.39, 0.29) is 41.5 Å². The Morgan fingerprint density at radius 3 is 2.58 bits per heavy atom. The molecule has 3 unspecified atom stereocenters. The Morgan fingerprint density at radius 2 is 1.88 bits per heavy atom. The number of likely N-dealkylation sites (N-methyl/N-ethyl adjacent to an activating group) is 2. The highest BCUT2D eigenvalue weighted by Crippen LogP contribution is 2.71. The second-order valence-electron chi connectivity index (χ2n) is 11.7. The number of benzene rings is 1. The van der Waals surface area contributed by atoms with E-state index in [2.05, 4.69) is 61.9 Å². The van der Waals surface area contributed by atoms with Gasteiger partial charge in [0.2, 0.25) is 0 Å². The van der Waals surface area contributed by atoms with Crippen LogP contribution in [-0.2, 0) is 5.41 Å². The number of rotatable bonds is 7. The van der Waals surface area contributed by atoms with Crippen molar-refractivity contribution in [3.63, 3.8) is 0 Å². The number of piperidine rings is 4. The predicted octanol–water partition coefficient (Wildman–Crippen LogP) is 1.77. The van der Waals surface area contributed by atoms with E-state index in [1.807, 2.05) is 0 Å². The zero-order chi connectivity index (χ0) is 23.3. The number of quaternary nitrogens is 1. The van der Waals surface area contributed by atoms with Crippen LogP contribution in [0.2, 0.25) is 0 Å². The van der Waals surface area contributed by atoms with Crippen molar-refractivity contribution < 1.29 is 19.8 Å². The minimum atomic E-state index is -0.478. The maximum absolute atomic E-state index is 12.1. The Balaban J connectivity index is 1.48. The molecule has 5 fully saturated rings. The van der Waals surface area contributed by atoms with Crippen LogP contribution in [0.1, 0.15) is 45.6 Å². The molecule has 6 aliphatic rings. The number of aliphatic hydroxyl groups excluding tert-OH is 3. The quantitative estimate of drug-likeness (QED) is 0.546. The van der Waals surface area contributed by atoms with Crippen LogP contribution in [0, 0.1) is 17.8 Å². The Morgan fingerprint density at radius 1 is 1.15 bits per heavy atom. The molecular weight excluding hydrogens is 414 g/mol. The third-order valence-corrected chi connectivity index (χ3v) is 11.0. The lowest BCUT2D eigenvalue weighted by Gasteiger charge is -2.68. The molecule has 182 valence electrons. The van der Waals surface area contributed by atoms with E-state index in [0.29, 0.717) is 23.5 Å². The largest absolute Gasteiger partial charge is 0.392 e. The molecule has 7 rings (SSSR count). The van der Waals surface area contributed by atoms with Crippen LogP contribution in [0.5, 0.6) is 0 Å². The highest BCUT2D eigenvalue weighted by Gasteiger charge is 2.83. The molecule has 1 saturated carbocycles. The molecule has 0 aromatic heterocycles. The van der Waals surface area contributed by atoms with Gasteiger partial charge < -0.3 is 25.1 Å². The Kier molecular flexibility index (Phi) is 5.01. The summed E-state index contributed by atoms with van der Waals surface area (Å²) >= 11 is 0. The van der Waals surface area contributed by atoms with Gasteiger partial charge in [0.25, 0.3) is 0 Å². The zero-order valence-corrected chi connectivity index (χ0v) is 20.6. The van der Waals surface area contributed by atoms with Crippen LogP contribution in [0.15, 0.2) is 24.3 Å². The number of fused-ring (bicyclic) bond motifs is 2. The molecular formula is C27H42N3O3+. The van der Waals surface area contributed by atoms with E-state index in [9.17, 15) is 15.3 Å². The minimum Gasteiger partial charge on any atom is -0.392 e. The van der Waals surface area contributed by atoms with Crippen LogP contribution in [-0.4, -0.2) is 94.5 Å². The number of para-hydroxylation sites is 1. The lowest BCUT2D eigenvalue weighted by atomic mass is 9.60. The van der Waals surface area contributed by atoms with Gasteiger partial charge in [0.1, 0.15) is 18.7 Å². The molecule has 6 heteroatoms. The first kappa shape index (κ1) is 22.3. The molecule has 1 aliphatic carbocycles. The summed E-state index contributed by atoms with van der Waals surface area (Å²) in [7, 11) is 2.19. The van der Waals surface area contributed by atoms with Gasteiger partial charge in [-0.05, 0) is 37.1 Å². The van der Waals surface area contributed by atoms with Gasteiger partial charge in [-0.25, -0.2) is 0 Å². The summed E-state index contributed by atoms with van der Waals surface area (Å²) in [6, 6.07) is 9.31. The average molecular weight is 457 g/mol. The summed E-state index contributed by atoms with van der Waals surface area (Å²) in [6.45, 7) is 9.58. The molecule has 0 amide bonds. The smallest absolute Gasteiger partial charge is 0.194 e. The molecule has 4 saturated heterocycles. The summed E-state index contributed by atoms with van der Waals surface area (Å²) in [4.78, 5) is 4.71. The van der Waals surface area contributed by atoms with Crippen LogP contribution in [0.4, 0.5) is 5.69 Å². The zero-order valence-electron chi connectivity index (χ0n) is 20.6. The number of anilines is 1. The summed E-state index contributed by atoms with van der Waals surface area (Å²) in [5.74, 6) is 0.785. The molecule has 0 radical (unpaired) electrons. The number of aliphatic hydroxyl groups is 3. The third kappa shape index (κ3) is 2.47. The monoisotopic (exact) mass is 456 g/mol. The van der Waals surface area contributed by atoms with E-state index in [4.69, 9.17) is 0 Å². The van der Waals surface area contributed by atoms with Crippen LogP contribution >= 0.6 is 0 Å². The summed E-state index contributed by atoms with van der Waals surface area (Å²) in [5, 5.41) is 35.5. The third-order valence-electron chi connectivity index (χ3n) is 11.0. The number of hydrogen-bond acceptors (Lipinski definition) is 5. The first-order valence-electron chi connectivity index (χ1n) is 13.3. The first-order chi connectivity index (χ1) is 15.9. The molecule has 3 N–H and O–H groups in total. The van der Waals surface area contributed by atoms with Gasteiger partial charge in [0.15, 0.2) is 6.23 Å². The molecule has 5 bridgehead atoms. The summed E-state index contributed by atoms with van der Waals surface area (Å²) < 4.78 is 0.601. The standard InChI is InChI=1S/C27H42N3O3/c1-5-17-18-12-21-24-27(19-10-8-9-11-20(19)28(24)4)13-22(23(18)25(27)32)30(21,26(17)33)15-16(31)14-29(6-2)7-3/h8-11,16-18,21-26,31-33H,5-7,12-15H2,1-4H3/q+1/t16?,17-,18+,21-,22-,23?,24-,25?,26+,27+,30-/m0/s1. The van der Waals surface area contributed by atoms with Crippen molar-refractivity contribution in [1.82, 2.24) is 4.90 Å². The van der Waals surface area contributed by atoms with E-state index >= 15 is 0 Å². The lowest BCUT2D eigenvalue weighted by molar-refractivity contribution is -1.04. The maximum Gasteiger partial charge on any atom is 0.194 e. The van der Waals surface area contributed by atoms with Crippen molar-refractivity contribution in [2.24, 2.45) is 17.8 Å². The first-order valence-corrected chi connectivity index (χ1v) is 13.3. The Hall–Kier alpha value is -1.18. The van der Waals surface area contributed by atoms with Crippen molar-refractivity contribution >= 4 is 5.69 Å². The van der Waals surface area contributed by atoms with E-state index in [1.165, 1.54) is 11.3 Å².